The predicted octanol–water partition coefficient (Wildman–Crippen LogP) is 2.66. The first-order valence-corrected chi connectivity index (χ1v) is 10.8. The normalized spacial score (nSPS) is 44.4. The Morgan fingerprint density at radius 3 is 2.22 bits per heavy atom. The highest BCUT2D eigenvalue weighted by atomic mass is 32.2. The monoisotopic (exact) mass is 337 g/mol. The lowest BCUT2D eigenvalue weighted by molar-refractivity contribution is -0.126. The molecule has 4 nitrogen and oxygen atoms in total. The summed E-state index contributed by atoms with van der Waals surface area (Å²) in [6, 6.07) is 0.213. The Morgan fingerprint density at radius 1 is 1.17 bits per heavy atom. The van der Waals surface area contributed by atoms with Crippen molar-refractivity contribution in [2.45, 2.75) is 57.9 Å². The minimum absolute atomic E-state index is 0.0139. The lowest BCUT2D eigenvalue weighted by Crippen LogP contribution is -2.55. The quantitative estimate of drug-likeness (QED) is 0.858. The second-order valence-corrected chi connectivity index (χ2v) is 10.6. The zero-order valence-corrected chi connectivity index (χ0v) is 14.6. The van der Waals surface area contributed by atoms with E-state index in [-0.39, 0.29) is 23.6 Å². The molecular weight excluding hydrogens is 310 g/mol. The maximum absolute atomic E-state index is 12.4. The average molecular weight is 337 g/mol. The second-order valence-electron chi connectivity index (χ2n) is 8.69. The van der Waals surface area contributed by atoms with Gasteiger partial charge in [-0.2, -0.15) is 0 Å². The Kier molecular flexibility index (Phi) is 3.63. The van der Waals surface area contributed by atoms with E-state index < -0.39 is 9.84 Å². The second kappa shape index (κ2) is 5.33. The van der Waals surface area contributed by atoms with Gasteiger partial charge in [-0.3, -0.25) is 4.79 Å². The molecule has 0 aromatic heterocycles. The molecule has 4 saturated carbocycles. The van der Waals surface area contributed by atoms with Crippen LogP contribution in [0, 0.1) is 29.1 Å². The van der Waals surface area contributed by atoms with Gasteiger partial charge in [0.1, 0.15) is 0 Å². The molecule has 0 radical (unpaired) electrons. The number of nitrogens with one attached hydrogen (secondary N) is 1. The molecule has 0 spiro atoms. The van der Waals surface area contributed by atoms with Crippen LogP contribution >= 0.6 is 0 Å². The predicted molar refractivity (Wildman–Crippen MR) is 89.2 cm³/mol. The van der Waals surface area contributed by atoms with Gasteiger partial charge in [0.25, 0.3) is 0 Å². The van der Waals surface area contributed by atoms with Crippen molar-refractivity contribution in [2.24, 2.45) is 29.1 Å². The molecule has 0 unspecified atom stereocenters. The smallest absolute Gasteiger partial charge is 0.220 e. The van der Waals surface area contributed by atoms with Crippen LogP contribution in [0.2, 0.25) is 0 Å². The molecule has 5 rings (SSSR count). The van der Waals surface area contributed by atoms with E-state index in [4.69, 9.17) is 0 Å². The number of carbonyl (C=O) groups is 1. The van der Waals surface area contributed by atoms with Crippen molar-refractivity contribution in [2.75, 3.05) is 5.75 Å². The number of sulfone groups is 1. The van der Waals surface area contributed by atoms with Crippen LogP contribution in [0.15, 0.2) is 11.5 Å². The van der Waals surface area contributed by atoms with Crippen LogP contribution in [0.5, 0.6) is 0 Å². The molecule has 4 bridgehead atoms. The van der Waals surface area contributed by atoms with Crippen molar-refractivity contribution in [3.8, 4) is 0 Å². The zero-order chi connectivity index (χ0) is 16.2. The number of amides is 1. The van der Waals surface area contributed by atoms with Crippen molar-refractivity contribution >= 4 is 15.7 Å². The highest BCUT2D eigenvalue weighted by Gasteiger charge is 2.53. The van der Waals surface area contributed by atoms with Gasteiger partial charge in [0, 0.05) is 23.8 Å². The van der Waals surface area contributed by atoms with Gasteiger partial charge >= 0.3 is 0 Å². The molecule has 0 aromatic carbocycles. The zero-order valence-electron chi connectivity index (χ0n) is 13.8. The number of hydrogen-bond acceptors (Lipinski definition) is 3. The molecule has 1 N–H and O–H groups in total. The largest absolute Gasteiger partial charge is 0.353 e. The fourth-order valence-corrected chi connectivity index (χ4v) is 7.57. The first kappa shape index (κ1) is 15.7. The summed E-state index contributed by atoms with van der Waals surface area (Å²) < 4.78 is 22.9. The van der Waals surface area contributed by atoms with Crippen LogP contribution in [0.3, 0.4) is 0 Å². The van der Waals surface area contributed by atoms with Gasteiger partial charge in [-0.05, 0) is 68.6 Å². The Hall–Kier alpha value is -0.840. The molecule has 1 amide bonds. The minimum atomic E-state index is -3.07. The van der Waals surface area contributed by atoms with Crippen LogP contribution in [0.1, 0.15) is 51.9 Å². The molecule has 128 valence electrons. The Morgan fingerprint density at radius 2 is 1.74 bits per heavy atom. The SMILES string of the molecule is C[C@H](NC(=O)C[C@@H]1C=CS(=O)(=O)C1)C12CC3CC(CC(C3)C1)C2. The highest BCUT2D eigenvalue weighted by molar-refractivity contribution is 7.94. The highest BCUT2D eigenvalue weighted by Crippen LogP contribution is 2.61. The van der Waals surface area contributed by atoms with E-state index in [0.717, 1.165) is 17.8 Å². The van der Waals surface area contributed by atoms with Gasteiger partial charge in [0.2, 0.25) is 5.91 Å². The van der Waals surface area contributed by atoms with Crippen molar-refractivity contribution in [1.29, 1.82) is 0 Å². The molecular formula is C18H27NO3S. The third-order valence-electron chi connectivity index (χ3n) is 6.83. The standard InChI is InChI=1S/C18H27NO3S/c1-12(19-17(20)7-13-2-3-23(21,22)11-13)18-8-14-4-15(9-18)6-16(5-14)10-18/h2-3,12-16H,4-11H2,1H3,(H,19,20)/t12-,13-,14?,15?,16?,18?/m0/s1. The summed E-state index contributed by atoms with van der Waals surface area (Å²) in [5.74, 6) is 2.59. The van der Waals surface area contributed by atoms with Gasteiger partial charge < -0.3 is 5.32 Å². The minimum Gasteiger partial charge on any atom is -0.353 e. The van der Waals surface area contributed by atoms with E-state index in [1.165, 1.54) is 43.9 Å². The molecule has 0 saturated heterocycles. The maximum Gasteiger partial charge on any atom is 0.220 e. The molecule has 23 heavy (non-hydrogen) atoms. The molecule has 1 aliphatic heterocycles. The lowest BCUT2D eigenvalue weighted by atomic mass is 9.48. The summed E-state index contributed by atoms with van der Waals surface area (Å²) in [4.78, 5) is 12.4. The summed E-state index contributed by atoms with van der Waals surface area (Å²) in [6.45, 7) is 2.17. The van der Waals surface area contributed by atoms with Gasteiger partial charge in [0.15, 0.2) is 9.84 Å². The molecule has 2 atom stereocenters. The van der Waals surface area contributed by atoms with Gasteiger partial charge in [-0.15, -0.1) is 0 Å². The van der Waals surface area contributed by atoms with Crippen molar-refractivity contribution in [3.63, 3.8) is 0 Å². The van der Waals surface area contributed by atoms with E-state index in [2.05, 4.69) is 12.2 Å². The van der Waals surface area contributed by atoms with Crippen LogP contribution < -0.4 is 5.32 Å². The summed E-state index contributed by atoms with van der Waals surface area (Å²) in [5, 5.41) is 4.48. The van der Waals surface area contributed by atoms with Gasteiger partial charge in [-0.1, -0.05) is 6.08 Å². The number of carbonyl (C=O) groups excluding carboxylic acids is 1. The van der Waals surface area contributed by atoms with E-state index >= 15 is 0 Å². The van der Waals surface area contributed by atoms with Crippen LogP contribution in [0.25, 0.3) is 0 Å². The first-order valence-electron chi connectivity index (χ1n) is 9.04. The fourth-order valence-electron chi connectivity index (χ4n) is 6.17. The summed E-state index contributed by atoms with van der Waals surface area (Å²) in [6.07, 6.45) is 10.0. The van der Waals surface area contributed by atoms with Crippen molar-refractivity contribution in [3.05, 3.63) is 11.5 Å². The number of rotatable bonds is 4. The number of allylic oxidation sites excluding steroid dienone is 1. The van der Waals surface area contributed by atoms with Crippen molar-refractivity contribution in [1.82, 2.24) is 5.32 Å². The molecule has 4 fully saturated rings. The first-order chi connectivity index (χ1) is 10.8. The Labute approximate surface area is 139 Å². The summed E-state index contributed by atoms with van der Waals surface area (Å²) in [5.41, 5.74) is 0.308. The number of hydrogen-bond donors (Lipinski definition) is 1. The third kappa shape index (κ3) is 2.97. The summed E-state index contributed by atoms with van der Waals surface area (Å²) in [7, 11) is -3.07. The fraction of sp³-hybridized carbons (Fsp3) is 0.833. The summed E-state index contributed by atoms with van der Waals surface area (Å²) >= 11 is 0. The molecule has 1 heterocycles. The average Bonchev–Trinajstić information content (AvgIpc) is 2.76. The third-order valence-corrected chi connectivity index (χ3v) is 8.30. The Balaban J connectivity index is 1.37. The molecule has 4 aliphatic carbocycles. The lowest BCUT2D eigenvalue weighted by Gasteiger charge is -2.59. The van der Waals surface area contributed by atoms with Crippen LogP contribution in [0.4, 0.5) is 0 Å². The van der Waals surface area contributed by atoms with E-state index in [0.29, 0.717) is 11.8 Å². The van der Waals surface area contributed by atoms with E-state index in [1.807, 2.05) is 0 Å². The van der Waals surface area contributed by atoms with E-state index in [9.17, 15) is 13.2 Å². The molecule has 5 aliphatic rings. The molecule has 0 aromatic rings. The van der Waals surface area contributed by atoms with Gasteiger partial charge in [-0.25, -0.2) is 8.42 Å². The maximum atomic E-state index is 12.4. The molecule has 5 heteroatoms. The van der Waals surface area contributed by atoms with Gasteiger partial charge in [0.05, 0.1) is 5.75 Å². The Bertz CT molecular complexity index is 601. The van der Waals surface area contributed by atoms with Crippen LogP contribution in [-0.2, 0) is 14.6 Å². The van der Waals surface area contributed by atoms with Crippen LogP contribution in [-0.4, -0.2) is 26.1 Å². The topological polar surface area (TPSA) is 63.2 Å². The van der Waals surface area contributed by atoms with E-state index in [1.54, 1.807) is 6.08 Å². The van der Waals surface area contributed by atoms with Crippen molar-refractivity contribution < 1.29 is 13.2 Å².